The standard InChI is InChI=1S/C16H15N3/c1-12-17-10-11-18(12)19-15-8-4-2-6-13(15)14-7-3-5-9-16(14)19/h2-12,17H,1H3/t12-/m1/s1. The third-order valence-corrected chi connectivity index (χ3v) is 3.75. The predicted molar refractivity (Wildman–Crippen MR) is 79.4 cm³/mol. The van der Waals surface area contributed by atoms with Gasteiger partial charge in [0.05, 0.1) is 11.0 Å². The summed E-state index contributed by atoms with van der Waals surface area (Å²) in [4.78, 5) is 0. The second kappa shape index (κ2) is 3.79. The first-order valence-corrected chi connectivity index (χ1v) is 6.56. The summed E-state index contributed by atoms with van der Waals surface area (Å²) in [6, 6.07) is 17.1. The summed E-state index contributed by atoms with van der Waals surface area (Å²) in [6.07, 6.45) is 4.34. The van der Waals surface area contributed by atoms with E-state index in [0.717, 1.165) is 0 Å². The predicted octanol–water partition coefficient (Wildman–Crippen LogP) is 3.15. The Hall–Kier alpha value is -2.42. The third kappa shape index (κ3) is 1.38. The summed E-state index contributed by atoms with van der Waals surface area (Å²) >= 11 is 0. The Bertz CT molecular complexity index is 732. The van der Waals surface area contributed by atoms with Gasteiger partial charge in [-0.25, -0.2) is 0 Å². The number of hydrogen-bond acceptors (Lipinski definition) is 2. The SMILES string of the molecule is C[C@@H]1NC=CN1n1c2ccccc2c2ccccc21. The van der Waals surface area contributed by atoms with Crippen molar-refractivity contribution in [1.82, 2.24) is 9.99 Å². The topological polar surface area (TPSA) is 20.2 Å². The molecule has 1 aromatic heterocycles. The van der Waals surface area contributed by atoms with Crippen LogP contribution in [0.3, 0.4) is 0 Å². The van der Waals surface area contributed by atoms with Crippen molar-refractivity contribution < 1.29 is 0 Å². The van der Waals surface area contributed by atoms with E-state index in [9.17, 15) is 0 Å². The van der Waals surface area contributed by atoms with Crippen LogP contribution in [0.4, 0.5) is 0 Å². The molecule has 19 heavy (non-hydrogen) atoms. The van der Waals surface area contributed by atoms with Gasteiger partial charge in [0, 0.05) is 23.2 Å². The van der Waals surface area contributed by atoms with Crippen molar-refractivity contribution in [2.24, 2.45) is 0 Å². The van der Waals surface area contributed by atoms with Crippen molar-refractivity contribution in [2.75, 3.05) is 5.01 Å². The van der Waals surface area contributed by atoms with Crippen LogP contribution < -0.4 is 10.3 Å². The molecule has 94 valence electrons. The van der Waals surface area contributed by atoms with Gasteiger partial charge >= 0.3 is 0 Å². The summed E-state index contributed by atoms with van der Waals surface area (Å²) in [5, 5.41) is 8.13. The monoisotopic (exact) mass is 249 g/mol. The van der Waals surface area contributed by atoms with Crippen LogP contribution >= 0.6 is 0 Å². The van der Waals surface area contributed by atoms with Gasteiger partial charge in [0.2, 0.25) is 0 Å². The lowest BCUT2D eigenvalue weighted by Crippen LogP contribution is -2.39. The fourth-order valence-corrected chi connectivity index (χ4v) is 2.85. The minimum atomic E-state index is 0.263. The van der Waals surface area contributed by atoms with Gasteiger partial charge in [-0.1, -0.05) is 36.4 Å². The number of aromatic nitrogens is 1. The Labute approximate surface area is 111 Å². The molecular formula is C16H15N3. The fraction of sp³-hybridized carbons (Fsp3) is 0.125. The van der Waals surface area contributed by atoms with Crippen LogP contribution in [0, 0.1) is 0 Å². The molecule has 0 spiro atoms. The molecule has 4 rings (SSSR count). The lowest BCUT2D eigenvalue weighted by Gasteiger charge is -2.25. The van der Waals surface area contributed by atoms with Gasteiger partial charge in [-0.15, -0.1) is 0 Å². The zero-order chi connectivity index (χ0) is 12.8. The molecule has 0 unspecified atom stereocenters. The maximum absolute atomic E-state index is 3.31. The largest absolute Gasteiger partial charge is 0.369 e. The van der Waals surface area contributed by atoms with Gasteiger partial charge in [-0.3, -0.25) is 9.69 Å². The number of nitrogens with zero attached hydrogens (tertiary/aromatic N) is 2. The minimum absolute atomic E-state index is 0.263. The number of benzene rings is 2. The van der Waals surface area contributed by atoms with Gasteiger partial charge in [-0.2, -0.15) is 0 Å². The van der Waals surface area contributed by atoms with Crippen LogP contribution in [0.15, 0.2) is 60.9 Å². The Balaban J connectivity index is 2.14. The Kier molecular flexibility index (Phi) is 2.09. The number of hydrogen-bond donors (Lipinski definition) is 1. The van der Waals surface area contributed by atoms with Crippen molar-refractivity contribution in [2.45, 2.75) is 13.1 Å². The van der Waals surface area contributed by atoms with E-state index in [1.54, 1.807) is 0 Å². The molecule has 2 heterocycles. The van der Waals surface area contributed by atoms with Gasteiger partial charge in [0.15, 0.2) is 0 Å². The normalized spacial score (nSPS) is 18.4. The fourth-order valence-electron chi connectivity index (χ4n) is 2.85. The maximum atomic E-state index is 3.31. The first kappa shape index (κ1) is 10.5. The van der Waals surface area contributed by atoms with Gasteiger partial charge in [0.1, 0.15) is 6.17 Å². The average Bonchev–Trinajstić information content (AvgIpc) is 3.00. The second-order valence-corrected chi connectivity index (χ2v) is 4.88. The van der Waals surface area contributed by atoms with Crippen molar-refractivity contribution in [3.05, 3.63) is 60.9 Å². The Morgan fingerprint density at radius 2 is 1.47 bits per heavy atom. The summed E-state index contributed by atoms with van der Waals surface area (Å²) in [7, 11) is 0. The van der Waals surface area contributed by atoms with Crippen LogP contribution in [0.1, 0.15) is 6.92 Å². The van der Waals surface area contributed by atoms with Gasteiger partial charge < -0.3 is 5.32 Å². The smallest absolute Gasteiger partial charge is 0.115 e. The Morgan fingerprint density at radius 3 is 2.00 bits per heavy atom. The molecule has 2 aromatic carbocycles. The van der Waals surface area contributed by atoms with E-state index in [1.165, 1.54) is 21.8 Å². The van der Waals surface area contributed by atoms with E-state index < -0.39 is 0 Å². The van der Waals surface area contributed by atoms with Crippen LogP contribution in [0.2, 0.25) is 0 Å². The molecule has 0 bridgehead atoms. The van der Waals surface area contributed by atoms with E-state index in [-0.39, 0.29) is 6.17 Å². The molecule has 0 aliphatic carbocycles. The molecule has 0 saturated heterocycles. The van der Waals surface area contributed by atoms with E-state index in [4.69, 9.17) is 0 Å². The highest BCUT2D eigenvalue weighted by Gasteiger charge is 2.19. The first-order valence-electron chi connectivity index (χ1n) is 6.56. The molecule has 1 atom stereocenters. The van der Waals surface area contributed by atoms with E-state index in [1.807, 2.05) is 6.20 Å². The highest BCUT2D eigenvalue weighted by atomic mass is 15.6. The van der Waals surface area contributed by atoms with Crippen molar-refractivity contribution in [3.63, 3.8) is 0 Å². The summed E-state index contributed by atoms with van der Waals surface area (Å²) < 4.78 is 2.28. The van der Waals surface area contributed by atoms with Crippen molar-refractivity contribution >= 4 is 21.8 Å². The van der Waals surface area contributed by atoms with Crippen LogP contribution in [-0.2, 0) is 0 Å². The molecule has 3 nitrogen and oxygen atoms in total. The van der Waals surface area contributed by atoms with Crippen molar-refractivity contribution in [1.29, 1.82) is 0 Å². The van der Waals surface area contributed by atoms with Crippen LogP contribution in [0.5, 0.6) is 0 Å². The highest BCUT2D eigenvalue weighted by molar-refractivity contribution is 6.08. The van der Waals surface area contributed by atoms with E-state index in [2.05, 4.69) is 76.7 Å². The zero-order valence-electron chi connectivity index (χ0n) is 10.7. The molecule has 0 fully saturated rings. The highest BCUT2D eigenvalue weighted by Crippen LogP contribution is 2.29. The molecule has 0 amide bonds. The van der Waals surface area contributed by atoms with Crippen LogP contribution in [-0.4, -0.2) is 10.8 Å². The summed E-state index contributed by atoms with van der Waals surface area (Å²) in [6.45, 7) is 2.16. The molecule has 1 aliphatic rings. The zero-order valence-corrected chi connectivity index (χ0v) is 10.7. The van der Waals surface area contributed by atoms with Crippen molar-refractivity contribution in [3.8, 4) is 0 Å². The molecule has 1 aliphatic heterocycles. The number of rotatable bonds is 1. The van der Waals surface area contributed by atoms with Gasteiger partial charge in [0.25, 0.3) is 0 Å². The molecule has 0 radical (unpaired) electrons. The minimum Gasteiger partial charge on any atom is -0.369 e. The van der Waals surface area contributed by atoms with Gasteiger partial charge in [-0.05, 0) is 19.1 Å². The summed E-state index contributed by atoms with van der Waals surface area (Å²) in [5.74, 6) is 0. The number of fused-ring (bicyclic) bond motifs is 3. The third-order valence-electron chi connectivity index (χ3n) is 3.75. The quantitative estimate of drug-likeness (QED) is 0.715. The maximum Gasteiger partial charge on any atom is 0.115 e. The summed E-state index contributed by atoms with van der Waals surface area (Å²) in [5.41, 5.74) is 2.48. The average molecular weight is 249 g/mol. The molecule has 1 N–H and O–H groups in total. The molecule has 0 saturated carbocycles. The Morgan fingerprint density at radius 1 is 0.895 bits per heavy atom. The lowest BCUT2D eigenvalue weighted by molar-refractivity contribution is 0.581. The van der Waals surface area contributed by atoms with E-state index >= 15 is 0 Å². The van der Waals surface area contributed by atoms with Crippen LogP contribution in [0.25, 0.3) is 21.8 Å². The number of para-hydroxylation sites is 2. The molecule has 3 heteroatoms. The second-order valence-electron chi connectivity index (χ2n) is 4.88. The lowest BCUT2D eigenvalue weighted by atomic mass is 10.2. The first-order chi connectivity index (χ1) is 9.36. The number of nitrogens with one attached hydrogen (secondary N) is 1. The molecule has 3 aromatic rings. The van der Waals surface area contributed by atoms with E-state index in [0.29, 0.717) is 0 Å². The molecular weight excluding hydrogens is 234 g/mol.